The second-order valence-electron chi connectivity index (χ2n) is 3.74. The van der Waals surface area contributed by atoms with Crippen LogP contribution in [-0.4, -0.2) is 66.1 Å². The number of aliphatic hydroxyl groups is 2. The summed E-state index contributed by atoms with van der Waals surface area (Å²) in [6, 6.07) is 0. The van der Waals surface area contributed by atoms with Crippen LogP contribution in [0, 0.1) is 11.8 Å². The smallest absolute Gasteiger partial charge is 0.365 e. The highest BCUT2D eigenvalue weighted by Gasteiger charge is 2.74. The van der Waals surface area contributed by atoms with Gasteiger partial charge in [0.15, 0.2) is 0 Å². The van der Waals surface area contributed by atoms with Gasteiger partial charge in [-0.25, -0.2) is 9.59 Å². The van der Waals surface area contributed by atoms with Crippen molar-refractivity contribution in [3.8, 4) is 0 Å². The molecular formula is C8H8O11. The highest BCUT2D eigenvalue weighted by Crippen LogP contribution is 2.45. The molecule has 0 amide bonds. The van der Waals surface area contributed by atoms with Crippen LogP contribution in [0.3, 0.4) is 0 Å². The first-order valence-electron chi connectivity index (χ1n) is 4.55. The maximum Gasteiger partial charge on any atom is 0.365 e. The second-order valence-corrected chi connectivity index (χ2v) is 3.74. The van der Waals surface area contributed by atoms with Gasteiger partial charge in [0.25, 0.3) is 11.6 Å². The molecule has 0 radical (unpaired) electrons. The van der Waals surface area contributed by atoms with Crippen molar-refractivity contribution in [3.63, 3.8) is 0 Å². The van der Waals surface area contributed by atoms with Crippen molar-refractivity contribution in [2.24, 2.45) is 11.8 Å². The van der Waals surface area contributed by atoms with Crippen molar-refractivity contribution in [1.82, 2.24) is 0 Å². The number of ether oxygens (including phenoxy) is 1. The van der Waals surface area contributed by atoms with E-state index in [-0.39, 0.29) is 0 Å². The molecule has 1 aliphatic rings. The summed E-state index contributed by atoms with van der Waals surface area (Å²) in [6.45, 7) is 0. The van der Waals surface area contributed by atoms with Crippen LogP contribution in [-0.2, 0) is 23.9 Å². The summed E-state index contributed by atoms with van der Waals surface area (Å²) in [5.74, 6) is -21.8. The third kappa shape index (κ3) is 1.89. The Hall–Kier alpha value is -2.24. The second kappa shape index (κ2) is 4.15. The van der Waals surface area contributed by atoms with Crippen molar-refractivity contribution in [1.29, 1.82) is 0 Å². The standard InChI is InChI=1S/C8H8O11/c9-3(10)1-2(4(11)12)8(18,6(15)16)19-7(1,17)5(13)14/h1-2,17-18H,(H,9,10)(H,11,12)(H,13,14)(H,15,16). The fourth-order valence-electron chi connectivity index (χ4n) is 1.79. The van der Waals surface area contributed by atoms with Crippen molar-refractivity contribution in [2.45, 2.75) is 11.6 Å². The van der Waals surface area contributed by atoms with Gasteiger partial charge in [0.1, 0.15) is 11.8 Å². The first-order chi connectivity index (χ1) is 8.48. The molecule has 4 unspecified atom stereocenters. The molecule has 0 aromatic rings. The van der Waals surface area contributed by atoms with Crippen molar-refractivity contribution >= 4 is 23.9 Å². The van der Waals surface area contributed by atoms with Crippen molar-refractivity contribution in [2.75, 3.05) is 0 Å². The number of carboxylic acids is 4. The highest BCUT2D eigenvalue weighted by molar-refractivity contribution is 5.94. The molecule has 0 aliphatic carbocycles. The minimum atomic E-state index is -3.69. The Bertz CT molecular complexity index is 427. The van der Waals surface area contributed by atoms with Gasteiger partial charge in [0.2, 0.25) is 0 Å². The van der Waals surface area contributed by atoms with Gasteiger partial charge in [-0.3, -0.25) is 14.3 Å². The quantitative estimate of drug-likeness (QED) is 0.306. The van der Waals surface area contributed by atoms with Crippen LogP contribution in [0.1, 0.15) is 0 Å². The van der Waals surface area contributed by atoms with E-state index in [2.05, 4.69) is 4.74 Å². The molecule has 1 rings (SSSR count). The highest BCUT2D eigenvalue weighted by atomic mass is 16.7. The molecule has 1 fully saturated rings. The molecule has 0 bridgehead atoms. The Balaban J connectivity index is 3.52. The van der Waals surface area contributed by atoms with Gasteiger partial charge in [0.05, 0.1) is 0 Å². The molecular weight excluding hydrogens is 272 g/mol. The summed E-state index contributed by atoms with van der Waals surface area (Å²) >= 11 is 0. The molecule has 11 nitrogen and oxygen atoms in total. The summed E-state index contributed by atoms with van der Waals surface area (Å²) in [5, 5.41) is 53.9. The van der Waals surface area contributed by atoms with Gasteiger partial charge < -0.3 is 30.6 Å². The predicted octanol–water partition coefficient (Wildman–Crippen LogP) is -3.04. The van der Waals surface area contributed by atoms with Gasteiger partial charge in [-0.1, -0.05) is 0 Å². The van der Waals surface area contributed by atoms with E-state index < -0.39 is 47.3 Å². The van der Waals surface area contributed by atoms with E-state index in [1.54, 1.807) is 0 Å². The van der Waals surface area contributed by atoms with Crippen molar-refractivity contribution < 1.29 is 54.6 Å². The van der Waals surface area contributed by atoms with Crippen LogP contribution < -0.4 is 0 Å². The van der Waals surface area contributed by atoms with Crippen LogP contribution in [0.25, 0.3) is 0 Å². The van der Waals surface area contributed by atoms with Crippen LogP contribution in [0.5, 0.6) is 0 Å². The number of hydrogen-bond acceptors (Lipinski definition) is 7. The fraction of sp³-hybridized carbons (Fsp3) is 0.500. The third-order valence-electron chi connectivity index (χ3n) is 2.63. The molecule has 11 heteroatoms. The number of rotatable bonds is 4. The largest absolute Gasteiger partial charge is 0.481 e. The number of carbonyl (C=O) groups is 4. The van der Waals surface area contributed by atoms with Gasteiger partial charge in [0, 0.05) is 0 Å². The van der Waals surface area contributed by atoms with Crippen LogP contribution in [0.4, 0.5) is 0 Å². The van der Waals surface area contributed by atoms with E-state index in [9.17, 15) is 29.4 Å². The molecule has 1 heterocycles. The van der Waals surface area contributed by atoms with E-state index in [1.807, 2.05) is 0 Å². The maximum atomic E-state index is 10.9. The van der Waals surface area contributed by atoms with Gasteiger partial charge in [-0.2, -0.15) is 0 Å². The Morgan fingerprint density at radius 1 is 0.737 bits per heavy atom. The topological polar surface area (TPSA) is 199 Å². The Labute approximate surface area is 103 Å². The lowest BCUT2D eigenvalue weighted by Gasteiger charge is -2.22. The van der Waals surface area contributed by atoms with Gasteiger partial charge in [-0.15, -0.1) is 0 Å². The van der Waals surface area contributed by atoms with E-state index in [1.165, 1.54) is 0 Å². The predicted molar refractivity (Wildman–Crippen MR) is 48.5 cm³/mol. The summed E-state index contributed by atoms with van der Waals surface area (Å²) in [7, 11) is 0. The molecule has 1 saturated heterocycles. The Morgan fingerprint density at radius 2 is 1.00 bits per heavy atom. The minimum absolute atomic E-state index is 2.16. The summed E-state index contributed by atoms with van der Waals surface area (Å²) < 4.78 is 3.96. The molecule has 19 heavy (non-hydrogen) atoms. The van der Waals surface area contributed by atoms with Gasteiger partial charge in [-0.05, 0) is 0 Å². The lowest BCUT2D eigenvalue weighted by atomic mass is 9.83. The lowest BCUT2D eigenvalue weighted by Crippen LogP contribution is -2.49. The molecule has 6 N–H and O–H groups in total. The number of hydrogen-bond donors (Lipinski definition) is 6. The summed E-state index contributed by atoms with van der Waals surface area (Å²) in [6.07, 6.45) is 0. The summed E-state index contributed by atoms with van der Waals surface area (Å²) in [5.41, 5.74) is 0. The van der Waals surface area contributed by atoms with E-state index in [4.69, 9.17) is 20.4 Å². The van der Waals surface area contributed by atoms with Crippen LogP contribution >= 0.6 is 0 Å². The van der Waals surface area contributed by atoms with E-state index in [0.29, 0.717) is 0 Å². The van der Waals surface area contributed by atoms with Gasteiger partial charge >= 0.3 is 23.9 Å². The number of aliphatic carboxylic acids is 4. The van der Waals surface area contributed by atoms with E-state index >= 15 is 0 Å². The van der Waals surface area contributed by atoms with E-state index in [0.717, 1.165) is 0 Å². The maximum absolute atomic E-state index is 10.9. The van der Waals surface area contributed by atoms with Crippen LogP contribution in [0.2, 0.25) is 0 Å². The zero-order valence-corrected chi connectivity index (χ0v) is 8.88. The molecule has 0 aromatic carbocycles. The van der Waals surface area contributed by atoms with Crippen molar-refractivity contribution in [3.05, 3.63) is 0 Å². The lowest BCUT2D eigenvalue weighted by molar-refractivity contribution is -0.290. The summed E-state index contributed by atoms with van der Waals surface area (Å²) in [4.78, 5) is 43.3. The first-order valence-corrected chi connectivity index (χ1v) is 4.55. The fourth-order valence-corrected chi connectivity index (χ4v) is 1.79. The molecule has 0 spiro atoms. The average Bonchev–Trinajstić information content (AvgIpc) is 2.49. The zero-order chi connectivity index (χ0) is 15.2. The Kier molecular flexibility index (Phi) is 3.24. The Morgan fingerprint density at radius 3 is 1.16 bits per heavy atom. The third-order valence-corrected chi connectivity index (χ3v) is 2.63. The average molecular weight is 280 g/mol. The molecule has 0 aromatic heterocycles. The normalized spacial score (nSPS) is 37.8. The minimum Gasteiger partial charge on any atom is -0.481 e. The zero-order valence-electron chi connectivity index (χ0n) is 8.88. The molecule has 1 aliphatic heterocycles. The van der Waals surface area contributed by atoms with Crippen LogP contribution in [0.15, 0.2) is 0 Å². The molecule has 106 valence electrons. The molecule has 4 atom stereocenters. The molecule has 0 saturated carbocycles. The number of carboxylic acid groups (broad SMARTS) is 4. The SMILES string of the molecule is O=C(O)C1C(C(=O)O)C(O)(C(=O)O)OC1(O)C(=O)O. The first kappa shape index (κ1) is 14.8. The monoisotopic (exact) mass is 280 g/mol.